The molecule has 1 rings (SSSR count). The Hall–Kier alpha value is 0.400. The number of carbonyl (C=O) groups is 1. The van der Waals surface area contributed by atoms with Crippen molar-refractivity contribution < 1.29 is 4.79 Å². The van der Waals surface area contributed by atoms with E-state index in [1.165, 1.54) is 6.42 Å². The molecule has 0 saturated heterocycles. The molecule has 0 aromatic rings. The Morgan fingerprint density at radius 3 is 2.36 bits per heavy atom. The van der Waals surface area contributed by atoms with Crippen LogP contribution in [-0.4, -0.2) is 5.78 Å². The number of Topliss-reactive ketones (excluding diaryl/α,β-unsaturated/α-hetero) is 1. The molecule has 2 heteroatoms. The molecular weight excluding hydrogens is 251 g/mol. The van der Waals surface area contributed by atoms with Crippen molar-refractivity contribution in [3.8, 4) is 0 Å². The lowest BCUT2D eigenvalue weighted by atomic mass is 9.72. The maximum absolute atomic E-state index is 11.1. The van der Waals surface area contributed by atoms with Crippen molar-refractivity contribution in [3.63, 3.8) is 0 Å². The van der Waals surface area contributed by atoms with Crippen molar-refractivity contribution in [1.82, 2.24) is 0 Å². The second-order valence-electron chi connectivity index (χ2n) is 4.39. The SMILES string of the molecule is CC1CC(=O)CC(C)(C)C1.I. The molecule has 0 aromatic carbocycles. The van der Waals surface area contributed by atoms with Crippen molar-refractivity contribution in [2.75, 3.05) is 0 Å². The van der Waals surface area contributed by atoms with Gasteiger partial charge in [-0.1, -0.05) is 20.8 Å². The van der Waals surface area contributed by atoms with Gasteiger partial charge in [0, 0.05) is 12.8 Å². The standard InChI is InChI=1S/C9H16O.HI/c1-7-4-8(10)6-9(2,3)5-7;/h7H,4-6H2,1-3H3;1H. The third-order valence-electron chi connectivity index (χ3n) is 2.15. The molecule has 11 heavy (non-hydrogen) atoms. The fourth-order valence-electron chi connectivity index (χ4n) is 2.08. The van der Waals surface area contributed by atoms with Crippen LogP contribution in [0.3, 0.4) is 0 Å². The molecule has 0 aliphatic heterocycles. The number of hydrogen-bond donors (Lipinski definition) is 0. The second-order valence-corrected chi connectivity index (χ2v) is 4.39. The van der Waals surface area contributed by atoms with Crippen LogP contribution in [0, 0.1) is 11.3 Å². The number of ketones is 1. The van der Waals surface area contributed by atoms with Gasteiger partial charge in [-0.2, -0.15) is 0 Å². The first-order valence-electron chi connectivity index (χ1n) is 4.01. The van der Waals surface area contributed by atoms with Gasteiger partial charge in [0.1, 0.15) is 5.78 Å². The van der Waals surface area contributed by atoms with Gasteiger partial charge in [0.15, 0.2) is 0 Å². The molecule has 1 aliphatic rings. The van der Waals surface area contributed by atoms with Gasteiger partial charge in [-0.05, 0) is 17.8 Å². The number of carbonyl (C=O) groups excluding carboxylic acids is 1. The molecule has 0 amide bonds. The quantitative estimate of drug-likeness (QED) is 0.617. The monoisotopic (exact) mass is 268 g/mol. The summed E-state index contributed by atoms with van der Waals surface area (Å²) < 4.78 is 0. The molecule has 1 atom stereocenters. The first kappa shape index (κ1) is 11.4. The highest BCUT2D eigenvalue weighted by molar-refractivity contribution is 14.0. The van der Waals surface area contributed by atoms with Crippen LogP contribution in [0.1, 0.15) is 40.0 Å². The molecule has 1 aliphatic carbocycles. The van der Waals surface area contributed by atoms with Gasteiger partial charge < -0.3 is 0 Å². The summed E-state index contributed by atoms with van der Waals surface area (Å²) >= 11 is 0. The lowest BCUT2D eigenvalue weighted by Gasteiger charge is -2.32. The minimum Gasteiger partial charge on any atom is -0.300 e. The van der Waals surface area contributed by atoms with Crippen molar-refractivity contribution in [3.05, 3.63) is 0 Å². The molecule has 0 N–H and O–H groups in total. The van der Waals surface area contributed by atoms with E-state index < -0.39 is 0 Å². The fraction of sp³-hybridized carbons (Fsp3) is 0.889. The highest BCUT2D eigenvalue weighted by Gasteiger charge is 2.30. The normalized spacial score (nSPS) is 29.4. The van der Waals surface area contributed by atoms with Gasteiger partial charge in [0.05, 0.1) is 0 Å². The maximum Gasteiger partial charge on any atom is 0.133 e. The molecule has 1 saturated carbocycles. The largest absolute Gasteiger partial charge is 0.300 e. The Labute approximate surface area is 86.0 Å². The Morgan fingerprint density at radius 1 is 1.45 bits per heavy atom. The van der Waals surface area contributed by atoms with Crippen LogP contribution in [-0.2, 0) is 4.79 Å². The summed E-state index contributed by atoms with van der Waals surface area (Å²) in [5.74, 6) is 1.06. The summed E-state index contributed by atoms with van der Waals surface area (Å²) in [6.45, 7) is 6.53. The van der Waals surface area contributed by atoms with Crippen LogP contribution in [0.5, 0.6) is 0 Å². The van der Waals surface area contributed by atoms with Crippen LogP contribution in [0.25, 0.3) is 0 Å². The average Bonchev–Trinajstić information content (AvgIpc) is 1.54. The number of rotatable bonds is 0. The Kier molecular flexibility index (Phi) is 4.02. The van der Waals surface area contributed by atoms with E-state index in [0.717, 1.165) is 12.8 Å². The molecular formula is C9H17IO. The summed E-state index contributed by atoms with van der Waals surface area (Å²) in [5.41, 5.74) is 0.273. The minimum atomic E-state index is 0. The molecule has 0 radical (unpaired) electrons. The minimum absolute atomic E-state index is 0. The predicted octanol–water partition coefficient (Wildman–Crippen LogP) is 3.02. The van der Waals surface area contributed by atoms with E-state index >= 15 is 0 Å². The third kappa shape index (κ3) is 3.54. The summed E-state index contributed by atoms with van der Waals surface area (Å²) in [6, 6.07) is 0. The van der Waals surface area contributed by atoms with Crippen LogP contribution in [0.15, 0.2) is 0 Å². The first-order chi connectivity index (χ1) is 4.49. The highest BCUT2D eigenvalue weighted by Crippen LogP contribution is 2.36. The van der Waals surface area contributed by atoms with E-state index in [4.69, 9.17) is 0 Å². The zero-order chi connectivity index (χ0) is 7.78. The Morgan fingerprint density at radius 2 is 2.00 bits per heavy atom. The van der Waals surface area contributed by atoms with Crippen LogP contribution in [0.4, 0.5) is 0 Å². The zero-order valence-electron chi connectivity index (χ0n) is 7.52. The third-order valence-corrected chi connectivity index (χ3v) is 2.15. The zero-order valence-corrected chi connectivity index (χ0v) is 9.85. The molecule has 0 bridgehead atoms. The van der Waals surface area contributed by atoms with Gasteiger partial charge in [-0.15, -0.1) is 24.0 Å². The molecule has 66 valence electrons. The van der Waals surface area contributed by atoms with E-state index in [9.17, 15) is 4.79 Å². The van der Waals surface area contributed by atoms with Crippen molar-refractivity contribution >= 4 is 29.8 Å². The fourth-order valence-corrected chi connectivity index (χ4v) is 2.08. The molecule has 1 nitrogen and oxygen atoms in total. The topological polar surface area (TPSA) is 17.1 Å². The van der Waals surface area contributed by atoms with Gasteiger partial charge in [-0.3, -0.25) is 4.79 Å². The molecule has 0 aromatic heterocycles. The van der Waals surface area contributed by atoms with Crippen molar-refractivity contribution in [2.45, 2.75) is 40.0 Å². The lowest BCUT2D eigenvalue weighted by molar-refractivity contribution is -0.124. The number of hydrogen-bond acceptors (Lipinski definition) is 1. The lowest BCUT2D eigenvalue weighted by Crippen LogP contribution is -2.27. The van der Waals surface area contributed by atoms with Crippen molar-refractivity contribution in [2.24, 2.45) is 11.3 Å². The van der Waals surface area contributed by atoms with Gasteiger partial charge in [-0.25, -0.2) is 0 Å². The van der Waals surface area contributed by atoms with E-state index in [-0.39, 0.29) is 29.4 Å². The molecule has 1 unspecified atom stereocenters. The van der Waals surface area contributed by atoms with Crippen LogP contribution >= 0.6 is 24.0 Å². The molecule has 0 spiro atoms. The van der Waals surface area contributed by atoms with Crippen molar-refractivity contribution in [1.29, 1.82) is 0 Å². The van der Waals surface area contributed by atoms with E-state index in [1.54, 1.807) is 0 Å². The summed E-state index contributed by atoms with van der Waals surface area (Å²) in [6.07, 6.45) is 2.81. The van der Waals surface area contributed by atoms with Crippen LogP contribution in [0.2, 0.25) is 0 Å². The van der Waals surface area contributed by atoms with Gasteiger partial charge in [0.2, 0.25) is 0 Å². The summed E-state index contributed by atoms with van der Waals surface area (Å²) in [7, 11) is 0. The highest BCUT2D eigenvalue weighted by atomic mass is 127. The smallest absolute Gasteiger partial charge is 0.133 e. The summed E-state index contributed by atoms with van der Waals surface area (Å²) in [5, 5.41) is 0. The first-order valence-corrected chi connectivity index (χ1v) is 4.01. The average molecular weight is 268 g/mol. The summed E-state index contributed by atoms with van der Waals surface area (Å²) in [4.78, 5) is 11.1. The van der Waals surface area contributed by atoms with E-state index in [0.29, 0.717) is 11.7 Å². The van der Waals surface area contributed by atoms with Gasteiger partial charge in [0.25, 0.3) is 0 Å². The van der Waals surface area contributed by atoms with E-state index in [1.807, 2.05) is 0 Å². The Bertz CT molecular complexity index is 152. The van der Waals surface area contributed by atoms with Gasteiger partial charge >= 0.3 is 0 Å². The van der Waals surface area contributed by atoms with E-state index in [2.05, 4.69) is 20.8 Å². The molecule has 1 fully saturated rings. The van der Waals surface area contributed by atoms with Crippen LogP contribution < -0.4 is 0 Å². The number of halogens is 1. The predicted molar refractivity (Wildman–Crippen MR) is 57.2 cm³/mol. The Balaban J connectivity index is 0.000001000. The maximum atomic E-state index is 11.1. The molecule has 0 heterocycles. The second kappa shape index (κ2) is 3.87.